The summed E-state index contributed by atoms with van der Waals surface area (Å²) in [5.74, 6) is 1.10. The van der Waals surface area contributed by atoms with Crippen LogP contribution in [0, 0.1) is 0 Å². The minimum Gasteiger partial charge on any atom is -0.356 e. The first-order valence-corrected chi connectivity index (χ1v) is 8.75. The Labute approximate surface area is 128 Å². The third-order valence-corrected chi connectivity index (χ3v) is 5.78. The van der Waals surface area contributed by atoms with Crippen molar-refractivity contribution in [3.63, 3.8) is 0 Å². The Kier molecular flexibility index (Phi) is 3.31. The monoisotopic (exact) mass is 307 g/mol. The van der Waals surface area contributed by atoms with Gasteiger partial charge in [-0.25, -0.2) is 4.98 Å². The first-order valence-electron chi connectivity index (χ1n) is 7.55. The van der Waals surface area contributed by atoms with Crippen molar-refractivity contribution in [1.82, 2.24) is 9.97 Å². The zero-order valence-corrected chi connectivity index (χ0v) is 13.1. The highest BCUT2D eigenvalue weighted by atomic mass is 35.5. The van der Waals surface area contributed by atoms with E-state index in [1.54, 1.807) is 0 Å². The summed E-state index contributed by atoms with van der Waals surface area (Å²) in [6.07, 6.45) is 8.83. The van der Waals surface area contributed by atoms with Crippen LogP contribution in [0.1, 0.15) is 42.5 Å². The van der Waals surface area contributed by atoms with Crippen LogP contribution in [0.5, 0.6) is 0 Å². The zero-order valence-electron chi connectivity index (χ0n) is 11.5. The number of fused-ring (bicyclic) bond motifs is 3. The number of nitrogens with zero attached hydrogens (tertiary/aromatic N) is 3. The molecule has 2 aromatic rings. The van der Waals surface area contributed by atoms with E-state index in [1.165, 1.54) is 60.8 Å². The molecule has 0 amide bonds. The van der Waals surface area contributed by atoms with Crippen LogP contribution in [0.2, 0.25) is 5.28 Å². The van der Waals surface area contributed by atoms with Gasteiger partial charge in [-0.05, 0) is 62.1 Å². The maximum Gasteiger partial charge on any atom is 0.225 e. The van der Waals surface area contributed by atoms with E-state index < -0.39 is 0 Å². The number of piperidine rings is 1. The van der Waals surface area contributed by atoms with Gasteiger partial charge in [0.05, 0.1) is 5.39 Å². The summed E-state index contributed by atoms with van der Waals surface area (Å²) in [6, 6.07) is 0. The Balaban J connectivity index is 1.91. The van der Waals surface area contributed by atoms with Crippen LogP contribution >= 0.6 is 22.9 Å². The zero-order chi connectivity index (χ0) is 13.5. The van der Waals surface area contributed by atoms with Crippen LogP contribution in [-0.2, 0) is 12.8 Å². The molecule has 5 heteroatoms. The van der Waals surface area contributed by atoms with Gasteiger partial charge < -0.3 is 4.90 Å². The molecule has 0 unspecified atom stereocenters. The first kappa shape index (κ1) is 12.8. The Morgan fingerprint density at radius 2 is 1.75 bits per heavy atom. The van der Waals surface area contributed by atoms with E-state index in [0.29, 0.717) is 5.28 Å². The number of anilines is 1. The van der Waals surface area contributed by atoms with E-state index >= 15 is 0 Å². The van der Waals surface area contributed by atoms with Gasteiger partial charge in [0.2, 0.25) is 5.28 Å². The summed E-state index contributed by atoms with van der Waals surface area (Å²) >= 11 is 7.99. The molecule has 0 bridgehead atoms. The standard InChI is InChI=1S/C15H18ClN3S/c16-15-17-13(19-8-4-1-5-9-19)12-10-6-2-3-7-11(10)20-14(12)18-15/h1-9H2. The second-order valence-corrected chi connectivity index (χ2v) is 7.18. The number of hydrogen-bond acceptors (Lipinski definition) is 4. The molecule has 3 nitrogen and oxygen atoms in total. The van der Waals surface area contributed by atoms with Crippen LogP contribution in [0.15, 0.2) is 0 Å². The van der Waals surface area contributed by atoms with Gasteiger partial charge in [0, 0.05) is 18.0 Å². The van der Waals surface area contributed by atoms with E-state index in [2.05, 4.69) is 14.9 Å². The predicted octanol–water partition coefficient (Wildman–Crippen LogP) is 4.21. The largest absolute Gasteiger partial charge is 0.356 e. The molecule has 106 valence electrons. The molecule has 20 heavy (non-hydrogen) atoms. The summed E-state index contributed by atoms with van der Waals surface area (Å²) in [7, 11) is 0. The van der Waals surface area contributed by atoms with Crippen LogP contribution in [0.4, 0.5) is 5.82 Å². The van der Waals surface area contributed by atoms with E-state index in [4.69, 9.17) is 11.6 Å². The lowest BCUT2D eigenvalue weighted by Gasteiger charge is -2.28. The lowest BCUT2D eigenvalue weighted by molar-refractivity contribution is 0.574. The third kappa shape index (κ3) is 2.09. The van der Waals surface area contributed by atoms with Gasteiger partial charge >= 0.3 is 0 Å². The molecule has 0 N–H and O–H groups in total. The highest BCUT2D eigenvalue weighted by molar-refractivity contribution is 7.19. The Morgan fingerprint density at radius 1 is 0.950 bits per heavy atom. The Morgan fingerprint density at radius 3 is 2.60 bits per heavy atom. The van der Waals surface area contributed by atoms with Gasteiger partial charge in [-0.15, -0.1) is 11.3 Å². The van der Waals surface area contributed by atoms with E-state index in [0.717, 1.165) is 23.7 Å². The van der Waals surface area contributed by atoms with Gasteiger partial charge in [-0.3, -0.25) is 0 Å². The molecular formula is C15H18ClN3S. The van der Waals surface area contributed by atoms with Crippen LogP contribution < -0.4 is 4.90 Å². The normalized spacial score (nSPS) is 19.4. The molecule has 0 spiro atoms. The fourth-order valence-electron chi connectivity index (χ4n) is 3.45. The smallest absolute Gasteiger partial charge is 0.225 e. The Bertz CT molecular complexity index is 646. The number of rotatable bonds is 1. The number of thiophene rings is 1. The molecule has 1 saturated heterocycles. The molecule has 0 saturated carbocycles. The average Bonchev–Trinajstić information content (AvgIpc) is 2.85. The molecule has 0 aromatic carbocycles. The van der Waals surface area contributed by atoms with Crippen LogP contribution in [0.3, 0.4) is 0 Å². The lowest BCUT2D eigenvalue weighted by Crippen LogP contribution is -2.30. The first-order chi connectivity index (χ1) is 9.83. The maximum atomic E-state index is 6.16. The fourth-order valence-corrected chi connectivity index (χ4v) is 4.92. The van der Waals surface area contributed by atoms with Crippen molar-refractivity contribution in [2.24, 2.45) is 0 Å². The molecule has 1 fully saturated rings. The molecule has 0 atom stereocenters. The highest BCUT2D eigenvalue weighted by Gasteiger charge is 2.24. The topological polar surface area (TPSA) is 29.0 Å². The number of halogens is 1. The quantitative estimate of drug-likeness (QED) is 0.739. The molecule has 3 heterocycles. The summed E-state index contributed by atoms with van der Waals surface area (Å²) < 4.78 is 0. The van der Waals surface area contributed by atoms with Crippen molar-refractivity contribution in [1.29, 1.82) is 0 Å². The van der Waals surface area contributed by atoms with E-state index in [-0.39, 0.29) is 0 Å². The van der Waals surface area contributed by atoms with Crippen molar-refractivity contribution in [3.05, 3.63) is 15.7 Å². The molecule has 0 radical (unpaired) electrons. The van der Waals surface area contributed by atoms with Gasteiger partial charge in [0.15, 0.2) is 0 Å². The minimum absolute atomic E-state index is 0.400. The second-order valence-electron chi connectivity index (χ2n) is 5.76. The average molecular weight is 308 g/mol. The van der Waals surface area contributed by atoms with Crippen LogP contribution in [-0.4, -0.2) is 23.1 Å². The van der Waals surface area contributed by atoms with Gasteiger partial charge in [-0.2, -0.15) is 4.98 Å². The maximum absolute atomic E-state index is 6.16. The predicted molar refractivity (Wildman–Crippen MR) is 85.1 cm³/mol. The van der Waals surface area contributed by atoms with Crippen LogP contribution in [0.25, 0.3) is 10.2 Å². The molecule has 4 rings (SSSR count). The van der Waals surface area contributed by atoms with Crippen molar-refractivity contribution in [2.75, 3.05) is 18.0 Å². The lowest BCUT2D eigenvalue weighted by atomic mass is 9.96. The van der Waals surface area contributed by atoms with Gasteiger partial charge in [0.25, 0.3) is 0 Å². The van der Waals surface area contributed by atoms with E-state index in [1.807, 2.05) is 11.3 Å². The summed E-state index contributed by atoms with van der Waals surface area (Å²) in [5, 5.41) is 1.70. The highest BCUT2D eigenvalue weighted by Crippen LogP contribution is 2.40. The summed E-state index contributed by atoms with van der Waals surface area (Å²) in [6.45, 7) is 2.21. The Hall–Kier alpha value is -0.870. The minimum atomic E-state index is 0.400. The molecule has 2 aromatic heterocycles. The van der Waals surface area contributed by atoms with Crippen molar-refractivity contribution in [3.8, 4) is 0 Å². The van der Waals surface area contributed by atoms with Gasteiger partial charge in [0.1, 0.15) is 10.6 Å². The van der Waals surface area contributed by atoms with Crippen molar-refractivity contribution >= 4 is 39.0 Å². The van der Waals surface area contributed by atoms with Gasteiger partial charge in [-0.1, -0.05) is 0 Å². The fraction of sp³-hybridized carbons (Fsp3) is 0.600. The number of hydrogen-bond donors (Lipinski definition) is 0. The molecule has 1 aliphatic carbocycles. The second kappa shape index (κ2) is 5.15. The number of aromatic nitrogens is 2. The number of aryl methyl sites for hydroxylation is 2. The van der Waals surface area contributed by atoms with E-state index in [9.17, 15) is 0 Å². The molecular weight excluding hydrogens is 290 g/mol. The summed E-state index contributed by atoms with van der Waals surface area (Å²) in [5.41, 5.74) is 1.51. The summed E-state index contributed by atoms with van der Waals surface area (Å²) in [4.78, 5) is 14.1. The SMILES string of the molecule is Clc1nc(N2CCCCC2)c2c3c(sc2n1)CCCC3. The third-order valence-electron chi connectivity index (χ3n) is 4.42. The van der Waals surface area contributed by atoms with Crippen molar-refractivity contribution in [2.45, 2.75) is 44.9 Å². The molecule has 1 aliphatic heterocycles. The molecule has 2 aliphatic rings. The van der Waals surface area contributed by atoms with Crippen molar-refractivity contribution < 1.29 is 0 Å².